The summed E-state index contributed by atoms with van der Waals surface area (Å²) in [4.78, 5) is 31.5. The average Bonchev–Trinajstić information content (AvgIpc) is 2.70. The zero-order valence-electron chi connectivity index (χ0n) is 15.7. The van der Waals surface area contributed by atoms with Crippen LogP contribution in [0.1, 0.15) is 59.0 Å². The fraction of sp³-hybridized carbons (Fsp3) is 0.381. The summed E-state index contributed by atoms with van der Waals surface area (Å²) in [5.74, 6) is -0.397. The molecule has 0 bridgehead atoms. The minimum absolute atomic E-state index is 0.0311. The van der Waals surface area contributed by atoms with Crippen LogP contribution in [0.4, 0.5) is 5.69 Å². The summed E-state index contributed by atoms with van der Waals surface area (Å²) < 4.78 is 0. The molecule has 2 heterocycles. The van der Waals surface area contributed by atoms with Gasteiger partial charge in [-0.05, 0) is 62.4 Å². The van der Waals surface area contributed by atoms with E-state index in [0.717, 1.165) is 37.8 Å². The van der Waals surface area contributed by atoms with E-state index in [1.165, 1.54) is 6.20 Å². The first-order chi connectivity index (χ1) is 13.0. The number of rotatable bonds is 4. The molecule has 0 saturated carbocycles. The zero-order valence-corrected chi connectivity index (χ0v) is 16.4. The van der Waals surface area contributed by atoms with Crippen LogP contribution in [0.5, 0.6) is 0 Å². The maximum atomic E-state index is 12.9. The molecule has 1 saturated heterocycles. The molecule has 1 aliphatic heterocycles. The van der Waals surface area contributed by atoms with Crippen molar-refractivity contribution in [2.24, 2.45) is 0 Å². The largest absolute Gasteiger partial charge is 0.336 e. The third kappa shape index (κ3) is 4.48. The van der Waals surface area contributed by atoms with Gasteiger partial charge in [-0.25, -0.2) is 0 Å². The number of anilines is 1. The van der Waals surface area contributed by atoms with Crippen LogP contribution < -0.4 is 5.32 Å². The molecule has 27 heavy (non-hydrogen) atoms. The molecule has 1 unspecified atom stereocenters. The highest BCUT2D eigenvalue weighted by atomic mass is 35.5. The second kappa shape index (κ2) is 8.53. The third-order valence-corrected chi connectivity index (χ3v) is 5.44. The third-order valence-electron chi connectivity index (χ3n) is 5.03. The van der Waals surface area contributed by atoms with E-state index in [4.69, 9.17) is 11.6 Å². The van der Waals surface area contributed by atoms with E-state index < -0.39 is 0 Å². The standard InChI is InChI=1S/C21H24ClN3O2/c1-3-17-6-4-5-11-25(17)21(27)15-9-10-23-19(12-15)20(26)24-16-8-7-14(2)18(22)13-16/h7-10,12-13,17H,3-6,11H2,1-2H3,(H,24,26). The van der Waals surface area contributed by atoms with E-state index in [0.29, 0.717) is 16.3 Å². The summed E-state index contributed by atoms with van der Waals surface area (Å²) in [6, 6.07) is 8.83. The van der Waals surface area contributed by atoms with Crippen molar-refractivity contribution in [1.29, 1.82) is 0 Å². The molecule has 5 nitrogen and oxygen atoms in total. The van der Waals surface area contributed by atoms with Gasteiger partial charge in [0.15, 0.2) is 0 Å². The molecule has 2 amide bonds. The summed E-state index contributed by atoms with van der Waals surface area (Å²) in [5, 5.41) is 3.36. The molecule has 1 aromatic heterocycles. The number of carbonyl (C=O) groups excluding carboxylic acids is 2. The lowest BCUT2D eigenvalue weighted by molar-refractivity contribution is 0.0608. The summed E-state index contributed by atoms with van der Waals surface area (Å²) in [6.07, 6.45) is 5.67. The fourth-order valence-corrected chi connectivity index (χ4v) is 3.59. The average molecular weight is 386 g/mol. The Bertz CT molecular complexity index is 853. The number of piperidine rings is 1. The van der Waals surface area contributed by atoms with Crippen LogP contribution in [0.2, 0.25) is 5.02 Å². The van der Waals surface area contributed by atoms with Gasteiger partial charge in [0.05, 0.1) is 0 Å². The van der Waals surface area contributed by atoms with Gasteiger partial charge in [-0.2, -0.15) is 0 Å². The van der Waals surface area contributed by atoms with Crippen molar-refractivity contribution in [1.82, 2.24) is 9.88 Å². The van der Waals surface area contributed by atoms with Crippen molar-refractivity contribution >= 4 is 29.1 Å². The first kappa shape index (κ1) is 19.4. The summed E-state index contributed by atoms with van der Waals surface area (Å²) in [6.45, 7) is 4.77. The summed E-state index contributed by atoms with van der Waals surface area (Å²) in [7, 11) is 0. The van der Waals surface area contributed by atoms with Gasteiger partial charge in [0.25, 0.3) is 11.8 Å². The number of carbonyl (C=O) groups is 2. The molecule has 6 heteroatoms. The van der Waals surface area contributed by atoms with Crippen LogP contribution in [0, 0.1) is 6.92 Å². The number of aromatic nitrogens is 1. The van der Waals surface area contributed by atoms with Crippen molar-refractivity contribution in [2.75, 3.05) is 11.9 Å². The maximum Gasteiger partial charge on any atom is 0.274 e. The topological polar surface area (TPSA) is 62.3 Å². The quantitative estimate of drug-likeness (QED) is 0.829. The number of nitrogens with zero attached hydrogens (tertiary/aromatic N) is 2. The van der Waals surface area contributed by atoms with E-state index in [1.54, 1.807) is 24.3 Å². The van der Waals surface area contributed by atoms with E-state index >= 15 is 0 Å². The molecule has 142 valence electrons. The highest BCUT2D eigenvalue weighted by Gasteiger charge is 2.26. The van der Waals surface area contributed by atoms with Crippen LogP contribution in [-0.4, -0.2) is 34.3 Å². The van der Waals surface area contributed by atoms with Crippen molar-refractivity contribution < 1.29 is 9.59 Å². The van der Waals surface area contributed by atoms with Gasteiger partial charge in [-0.3, -0.25) is 14.6 Å². The van der Waals surface area contributed by atoms with Gasteiger partial charge in [-0.15, -0.1) is 0 Å². The Morgan fingerprint density at radius 1 is 1.26 bits per heavy atom. The zero-order chi connectivity index (χ0) is 19.4. The highest BCUT2D eigenvalue weighted by Crippen LogP contribution is 2.23. The molecular formula is C21H24ClN3O2. The van der Waals surface area contributed by atoms with Gasteiger partial charge >= 0.3 is 0 Å². The van der Waals surface area contributed by atoms with Crippen molar-refractivity contribution in [3.05, 3.63) is 58.4 Å². The van der Waals surface area contributed by atoms with Crippen LogP contribution >= 0.6 is 11.6 Å². The van der Waals surface area contributed by atoms with Gasteiger partial charge in [0.1, 0.15) is 5.69 Å². The summed E-state index contributed by atoms with van der Waals surface area (Å²) in [5.41, 5.74) is 2.24. The Kier molecular flexibility index (Phi) is 6.11. The molecule has 1 aliphatic rings. The van der Waals surface area contributed by atoms with Gasteiger partial charge in [0.2, 0.25) is 0 Å². The number of nitrogens with one attached hydrogen (secondary N) is 1. The Morgan fingerprint density at radius 2 is 2.07 bits per heavy atom. The van der Waals surface area contributed by atoms with E-state index in [2.05, 4.69) is 17.2 Å². The highest BCUT2D eigenvalue weighted by molar-refractivity contribution is 6.31. The van der Waals surface area contributed by atoms with Crippen molar-refractivity contribution in [3.8, 4) is 0 Å². The Balaban J connectivity index is 1.77. The molecule has 1 aromatic carbocycles. The van der Waals surface area contributed by atoms with Gasteiger partial charge in [0, 0.05) is 35.1 Å². The maximum absolute atomic E-state index is 12.9. The Labute approximate surface area is 164 Å². The van der Waals surface area contributed by atoms with Crippen molar-refractivity contribution in [3.63, 3.8) is 0 Å². The van der Waals surface area contributed by atoms with Crippen molar-refractivity contribution in [2.45, 2.75) is 45.6 Å². The minimum atomic E-state index is -0.366. The molecule has 2 aromatic rings. The number of hydrogen-bond acceptors (Lipinski definition) is 3. The van der Waals surface area contributed by atoms with E-state index in [9.17, 15) is 9.59 Å². The van der Waals surface area contributed by atoms with Gasteiger partial charge in [-0.1, -0.05) is 24.6 Å². The Hall–Kier alpha value is -2.40. The molecule has 0 aliphatic carbocycles. The lowest BCUT2D eigenvalue weighted by Crippen LogP contribution is -2.43. The Morgan fingerprint density at radius 3 is 2.81 bits per heavy atom. The monoisotopic (exact) mass is 385 g/mol. The number of pyridine rings is 1. The number of benzene rings is 1. The molecule has 0 spiro atoms. The smallest absolute Gasteiger partial charge is 0.274 e. The minimum Gasteiger partial charge on any atom is -0.336 e. The molecule has 3 rings (SSSR count). The van der Waals surface area contributed by atoms with Crippen LogP contribution in [0.3, 0.4) is 0 Å². The molecular weight excluding hydrogens is 362 g/mol. The van der Waals surface area contributed by atoms with E-state index in [1.807, 2.05) is 17.9 Å². The SMILES string of the molecule is CCC1CCCCN1C(=O)c1ccnc(C(=O)Nc2ccc(C)c(Cl)c2)c1. The lowest BCUT2D eigenvalue weighted by atomic mass is 9.99. The van der Waals surface area contributed by atoms with Gasteiger partial charge < -0.3 is 10.2 Å². The first-order valence-electron chi connectivity index (χ1n) is 9.34. The molecule has 1 atom stereocenters. The van der Waals surface area contributed by atoms with Crippen LogP contribution in [0.25, 0.3) is 0 Å². The lowest BCUT2D eigenvalue weighted by Gasteiger charge is -2.35. The molecule has 1 fully saturated rings. The van der Waals surface area contributed by atoms with Crippen LogP contribution in [0.15, 0.2) is 36.5 Å². The number of hydrogen-bond donors (Lipinski definition) is 1. The predicted octanol–water partition coefficient (Wildman–Crippen LogP) is 4.70. The molecule has 1 N–H and O–H groups in total. The second-order valence-corrected chi connectivity index (χ2v) is 7.31. The predicted molar refractivity (Wildman–Crippen MR) is 107 cm³/mol. The second-order valence-electron chi connectivity index (χ2n) is 6.90. The number of aryl methyl sites for hydroxylation is 1. The van der Waals surface area contributed by atoms with E-state index in [-0.39, 0.29) is 23.6 Å². The molecule has 0 radical (unpaired) electrons. The van der Waals surface area contributed by atoms with Crippen LogP contribution in [-0.2, 0) is 0 Å². The normalized spacial score (nSPS) is 16.9. The number of halogens is 1. The summed E-state index contributed by atoms with van der Waals surface area (Å²) >= 11 is 6.11. The fourth-order valence-electron chi connectivity index (χ4n) is 3.41. The number of amides is 2. The number of likely N-dealkylation sites (tertiary alicyclic amines) is 1. The first-order valence-corrected chi connectivity index (χ1v) is 9.72.